The summed E-state index contributed by atoms with van der Waals surface area (Å²) >= 11 is 0. The topological polar surface area (TPSA) is 78.3 Å². The number of nitrogens with zero attached hydrogens (tertiary/aromatic N) is 3. The molecular formula is C20H22N4O2. The molecule has 1 aliphatic rings. The third-order valence-corrected chi connectivity index (χ3v) is 4.52. The van der Waals surface area contributed by atoms with Crippen molar-refractivity contribution in [1.82, 2.24) is 15.2 Å². The Labute approximate surface area is 153 Å². The normalized spacial score (nSPS) is 14.3. The lowest BCUT2D eigenvalue weighted by Crippen LogP contribution is -2.52. The van der Waals surface area contributed by atoms with Gasteiger partial charge in [-0.2, -0.15) is 5.26 Å². The maximum Gasteiger partial charge on any atom is 0.225 e. The van der Waals surface area contributed by atoms with Crippen LogP contribution in [0.1, 0.15) is 22.5 Å². The molecule has 0 radical (unpaired) electrons. The van der Waals surface area contributed by atoms with Gasteiger partial charge in [-0.15, -0.1) is 0 Å². The Morgan fingerprint density at radius 2 is 2.19 bits per heavy atom. The summed E-state index contributed by atoms with van der Waals surface area (Å²) in [7, 11) is 1.68. The molecule has 1 aromatic heterocycles. The molecule has 26 heavy (non-hydrogen) atoms. The predicted molar refractivity (Wildman–Crippen MR) is 97.3 cm³/mol. The van der Waals surface area contributed by atoms with Crippen LogP contribution >= 0.6 is 0 Å². The molecular weight excluding hydrogens is 328 g/mol. The first-order valence-corrected chi connectivity index (χ1v) is 8.61. The van der Waals surface area contributed by atoms with E-state index in [1.54, 1.807) is 19.2 Å². The highest BCUT2D eigenvalue weighted by molar-refractivity contribution is 5.79. The second kappa shape index (κ2) is 7.98. The minimum absolute atomic E-state index is 0.111. The third-order valence-electron chi connectivity index (χ3n) is 4.52. The van der Waals surface area contributed by atoms with Crippen molar-refractivity contribution in [2.24, 2.45) is 5.92 Å². The van der Waals surface area contributed by atoms with Gasteiger partial charge in [-0.25, -0.2) is 4.98 Å². The van der Waals surface area contributed by atoms with Crippen LogP contribution in [0, 0.1) is 24.2 Å². The molecule has 1 fully saturated rings. The molecule has 1 aliphatic heterocycles. The standard InChI is InChI=1S/C20H22N4O2/c1-14-8-15(10-24-11-16(12-24)20(25)22-2)6-7-19(14)26-13-18-5-3-4-17(9-21)23-18/h3-8,16H,10-13H2,1-2H3,(H,22,25). The number of carbonyl (C=O) groups excluding carboxylic acids is 1. The summed E-state index contributed by atoms with van der Waals surface area (Å²) in [5.41, 5.74) is 3.38. The second-order valence-corrected chi connectivity index (χ2v) is 6.52. The smallest absolute Gasteiger partial charge is 0.225 e. The van der Waals surface area contributed by atoms with E-state index in [1.165, 1.54) is 5.56 Å². The molecule has 1 amide bonds. The van der Waals surface area contributed by atoms with E-state index < -0.39 is 0 Å². The van der Waals surface area contributed by atoms with Crippen LogP contribution < -0.4 is 10.1 Å². The summed E-state index contributed by atoms with van der Waals surface area (Å²) in [6, 6.07) is 13.5. The Hall–Kier alpha value is -2.91. The highest BCUT2D eigenvalue weighted by Gasteiger charge is 2.31. The maximum absolute atomic E-state index is 11.5. The van der Waals surface area contributed by atoms with Crippen LogP contribution in [0.15, 0.2) is 36.4 Å². The number of hydrogen-bond donors (Lipinski definition) is 1. The highest BCUT2D eigenvalue weighted by Crippen LogP contribution is 2.24. The first-order valence-electron chi connectivity index (χ1n) is 8.61. The zero-order valence-electron chi connectivity index (χ0n) is 15.0. The van der Waals surface area contributed by atoms with E-state index in [4.69, 9.17) is 10.00 Å². The first-order chi connectivity index (χ1) is 12.6. The van der Waals surface area contributed by atoms with Crippen molar-refractivity contribution < 1.29 is 9.53 Å². The third kappa shape index (κ3) is 4.19. The van der Waals surface area contributed by atoms with Crippen LogP contribution in [-0.2, 0) is 17.9 Å². The van der Waals surface area contributed by atoms with E-state index in [1.807, 2.05) is 25.1 Å². The molecule has 2 aromatic rings. The zero-order valence-corrected chi connectivity index (χ0v) is 15.0. The Morgan fingerprint density at radius 3 is 2.88 bits per heavy atom. The van der Waals surface area contributed by atoms with Crippen molar-refractivity contribution in [3.63, 3.8) is 0 Å². The van der Waals surface area contributed by atoms with Gasteiger partial charge in [0.15, 0.2) is 0 Å². The van der Waals surface area contributed by atoms with E-state index in [2.05, 4.69) is 27.3 Å². The molecule has 134 valence electrons. The Kier molecular flexibility index (Phi) is 5.49. The lowest BCUT2D eigenvalue weighted by atomic mass is 9.98. The molecule has 3 rings (SSSR count). The minimum Gasteiger partial charge on any atom is -0.487 e. The number of likely N-dealkylation sites (tertiary alicyclic amines) is 1. The van der Waals surface area contributed by atoms with Crippen LogP contribution in [0.25, 0.3) is 0 Å². The number of hydrogen-bond acceptors (Lipinski definition) is 5. The predicted octanol–water partition coefficient (Wildman–Crippen LogP) is 2.02. The molecule has 1 aromatic carbocycles. The number of rotatable bonds is 6. The average Bonchev–Trinajstić information content (AvgIpc) is 2.63. The molecule has 0 unspecified atom stereocenters. The van der Waals surface area contributed by atoms with Gasteiger partial charge in [-0.1, -0.05) is 18.2 Å². The molecule has 6 nitrogen and oxygen atoms in total. The van der Waals surface area contributed by atoms with E-state index in [0.29, 0.717) is 12.3 Å². The number of amides is 1. The summed E-state index contributed by atoms with van der Waals surface area (Å²) in [5.74, 6) is 1.04. The molecule has 2 heterocycles. The van der Waals surface area contributed by atoms with Crippen molar-refractivity contribution in [3.05, 3.63) is 58.9 Å². The molecule has 6 heteroatoms. The van der Waals surface area contributed by atoms with Gasteiger partial charge in [-0.3, -0.25) is 9.69 Å². The van der Waals surface area contributed by atoms with Crippen molar-refractivity contribution in [1.29, 1.82) is 5.26 Å². The highest BCUT2D eigenvalue weighted by atomic mass is 16.5. The van der Waals surface area contributed by atoms with Gasteiger partial charge >= 0.3 is 0 Å². The van der Waals surface area contributed by atoms with Crippen LogP contribution in [0.2, 0.25) is 0 Å². The fourth-order valence-electron chi connectivity index (χ4n) is 3.07. The van der Waals surface area contributed by atoms with Crippen LogP contribution in [0.4, 0.5) is 0 Å². The first kappa shape index (κ1) is 17.9. The monoisotopic (exact) mass is 350 g/mol. The van der Waals surface area contributed by atoms with Crippen LogP contribution in [0.5, 0.6) is 5.75 Å². The fraction of sp³-hybridized carbons (Fsp3) is 0.350. The minimum atomic E-state index is 0.111. The lowest BCUT2D eigenvalue weighted by molar-refractivity contribution is -0.129. The van der Waals surface area contributed by atoms with Crippen molar-refractivity contribution in [2.45, 2.75) is 20.1 Å². The van der Waals surface area contributed by atoms with Gasteiger partial charge in [0.25, 0.3) is 0 Å². The van der Waals surface area contributed by atoms with Crippen LogP contribution in [0.3, 0.4) is 0 Å². The summed E-state index contributed by atoms with van der Waals surface area (Å²) in [6.45, 7) is 4.78. The Morgan fingerprint density at radius 1 is 1.38 bits per heavy atom. The van der Waals surface area contributed by atoms with Gasteiger partial charge < -0.3 is 10.1 Å². The van der Waals surface area contributed by atoms with Gasteiger partial charge in [-0.05, 0) is 36.2 Å². The van der Waals surface area contributed by atoms with Gasteiger partial charge in [0.2, 0.25) is 5.91 Å². The van der Waals surface area contributed by atoms with Gasteiger partial charge in [0.05, 0.1) is 11.6 Å². The number of benzene rings is 1. The Bertz CT molecular complexity index is 838. The SMILES string of the molecule is CNC(=O)C1CN(Cc2ccc(OCc3cccc(C#N)n3)c(C)c2)C1. The van der Waals surface area contributed by atoms with Gasteiger partial charge in [0.1, 0.15) is 24.1 Å². The summed E-state index contributed by atoms with van der Waals surface area (Å²) < 4.78 is 5.85. The van der Waals surface area contributed by atoms with E-state index >= 15 is 0 Å². The zero-order chi connectivity index (χ0) is 18.5. The summed E-state index contributed by atoms with van der Waals surface area (Å²) in [6.07, 6.45) is 0. The number of aromatic nitrogens is 1. The van der Waals surface area contributed by atoms with E-state index in [0.717, 1.165) is 36.6 Å². The second-order valence-electron chi connectivity index (χ2n) is 6.52. The number of nitrogens with one attached hydrogen (secondary N) is 1. The number of carbonyl (C=O) groups is 1. The number of aryl methyl sites for hydroxylation is 1. The fourth-order valence-corrected chi connectivity index (χ4v) is 3.07. The number of pyridine rings is 1. The molecule has 0 spiro atoms. The number of nitriles is 1. The maximum atomic E-state index is 11.5. The largest absolute Gasteiger partial charge is 0.487 e. The Balaban J connectivity index is 1.54. The molecule has 0 atom stereocenters. The van der Waals surface area contributed by atoms with Crippen molar-refractivity contribution in [3.8, 4) is 11.8 Å². The molecule has 1 N–H and O–H groups in total. The van der Waals surface area contributed by atoms with Crippen molar-refractivity contribution in [2.75, 3.05) is 20.1 Å². The molecule has 0 saturated carbocycles. The summed E-state index contributed by atoms with van der Waals surface area (Å²) in [5, 5.41) is 11.6. The quantitative estimate of drug-likeness (QED) is 0.862. The molecule has 0 bridgehead atoms. The molecule has 0 aliphatic carbocycles. The number of ether oxygens (including phenoxy) is 1. The summed E-state index contributed by atoms with van der Waals surface area (Å²) in [4.78, 5) is 18.0. The lowest BCUT2D eigenvalue weighted by Gasteiger charge is -2.38. The van der Waals surface area contributed by atoms with Crippen molar-refractivity contribution >= 4 is 5.91 Å². The van der Waals surface area contributed by atoms with Crippen LogP contribution in [-0.4, -0.2) is 35.9 Å². The molecule has 1 saturated heterocycles. The van der Waals surface area contributed by atoms with E-state index in [-0.39, 0.29) is 11.8 Å². The van der Waals surface area contributed by atoms with Gasteiger partial charge in [0, 0.05) is 26.7 Å². The average molecular weight is 350 g/mol. The van der Waals surface area contributed by atoms with E-state index in [9.17, 15) is 4.79 Å².